The maximum atomic E-state index is 6.27. The number of aromatic nitrogens is 4. The highest BCUT2D eigenvalue weighted by Crippen LogP contribution is 2.45. The Balaban J connectivity index is 0.000000135. The van der Waals surface area contributed by atoms with E-state index in [4.69, 9.17) is 47.9 Å². The summed E-state index contributed by atoms with van der Waals surface area (Å²) in [5, 5.41) is 6.72. The van der Waals surface area contributed by atoms with Gasteiger partial charge in [0.2, 0.25) is 0 Å². The normalized spacial score (nSPS) is 17.4. The van der Waals surface area contributed by atoms with Crippen molar-refractivity contribution in [3.05, 3.63) is 235 Å². The standard InChI is InChI=1S/C36H31BN2O2.C30H19BrN2.C12H24B2O4/c1-35(2)36(3,4)41-37(40-35)26-20-18-24(19-21-26)27-22-23-30(29-15-9-8-14-28(27)29)34-38-32-17-11-10-16-31(32)33(39-34)25-12-6-5-7-13-25;31-22-16-14-20(15-17-22)23-18-19-26(25-11-5-4-10-24(23)25)30-32-28-13-7-6-12-27(28)29(33-30)21-8-2-1-3-9-21;1-9(2)10(3,4)16-13(15-9)14-17-11(5,6)12(7,8)18-14/h5-23H,1-4H3;1-19H;1-8H3. The molecule has 0 N–H and O–H groups in total. The number of halogens is 1. The van der Waals surface area contributed by atoms with Gasteiger partial charge in [-0.15, -0.1) is 0 Å². The second-order valence-electron chi connectivity index (χ2n) is 26.9. The van der Waals surface area contributed by atoms with Crippen molar-refractivity contribution in [1.29, 1.82) is 0 Å². The van der Waals surface area contributed by atoms with Crippen LogP contribution < -0.4 is 5.46 Å². The van der Waals surface area contributed by atoms with Crippen LogP contribution in [-0.2, 0) is 27.9 Å². The molecule has 458 valence electrons. The van der Waals surface area contributed by atoms with Gasteiger partial charge in [-0.05, 0) is 169 Å². The highest BCUT2D eigenvalue weighted by molar-refractivity contribution is 9.10. The van der Waals surface area contributed by atoms with Crippen molar-refractivity contribution in [2.45, 2.75) is 117 Å². The Labute approximate surface area is 549 Å². The van der Waals surface area contributed by atoms with Gasteiger partial charge in [0.15, 0.2) is 11.6 Å². The molecule has 10 aromatic carbocycles. The molecule has 2 aromatic heterocycles. The van der Waals surface area contributed by atoms with E-state index < -0.39 is 14.0 Å². The number of hydrogen-bond donors (Lipinski definition) is 0. The number of nitrogens with zero attached hydrogens (tertiary/aromatic N) is 4. The number of fused-ring (bicyclic) bond motifs is 4. The molecule has 3 fully saturated rings. The van der Waals surface area contributed by atoms with Crippen molar-refractivity contribution in [3.63, 3.8) is 0 Å². The predicted molar refractivity (Wildman–Crippen MR) is 382 cm³/mol. The van der Waals surface area contributed by atoms with E-state index in [1.807, 2.05) is 116 Å². The Morgan fingerprint density at radius 1 is 0.272 bits per heavy atom. The maximum Gasteiger partial charge on any atom is 0.494 e. The van der Waals surface area contributed by atoms with E-state index in [1.54, 1.807) is 0 Å². The van der Waals surface area contributed by atoms with Crippen LogP contribution in [-0.4, -0.2) is 74.7 Å². The first-order valence-corrected chi connectivity index (χ1v) is 32.4. The zero-order valence-electron chi connectivity index (χ0n) is 54.3. The molecule has 0 saturated carbocycles. The Hall–Kier alpha value is -8.17. The van der Waals surface area contributed by atoms with Crippen molar-refractivity contribution < 1.29 is 27.9 Å². The minimum absolute atomic E-state index is 0.360. The second-order valence-corrected chi connectivity index (χ2v) is 27.9. The smallest absolute Gasteiger partial charge is 0.405 e. The Kier molecular flexibility index (Phi) is 16.6. The van der Waals surface area contributed by atoms with Gasteiger partial charge in [0.25, 0.3) is 0 Å². The van der Waals surface area contributed by atoms with Gasteiger partial charge in [-0.3, -0.25) is 0 Å². The van der Waals surface area contributed by atoms with Gasteiger partial charge >= 0.3 is 21.1 Å². The Morgan fingerprint density at radius 3 is 0.935 bits per heavy atom. The first-order valence-electron chi connectivity index (χ1n) is 31.6. The third kappa shape index (κ3) is 12.0. The van der Waals surface area contributed by atoms with Crippen LogP contribution in [0.15, 0.2) is 235 Å². The minimum Gasteiger partial charge on any atom is -0.405 e. The molecule has 5 heterocycles. The molecule has 14 heteroatoms. The molecular formula is C78H74B3BrN4O6. The van der Waals surface area contributed by atoms with E-state index in [-0.39, 0.29) is 40.7 Å². The largest absolute Gasteiger partial charge is 0.494 e. The van der Waals surface area contributed by atoms with Crippen LogP contribution in [0, 0.1) is 0 Å². The fourth-order valence-electron chi connectivity index (χ4n) is 11.9. The molecule has 12 aromatic rings. The van der Waals surface area contributed by atoms with Crippen LogP contribution in [0.4, 0.5) is 0 Å². The van der Waals surface area contributed by atoms with Crippen LogP contribution in [0.3, 0.4) is 0 Å². The van der Waals surface area contributed by atoms with Gasteiger partial charge < -0.3 is 27.9 Å². The van der Waals surface area contributed by atoms with E-state index >= 15 is 0 Å². The summed E-state index contributed by atoms with van der Waals surface area (Å²) in [6.07, 6.45) is 0. The summed E-state index contributed by atoms with van der Waals surface area (Å²) >= 11 is 3.54. The zero-order chi connectivity index (χ0) is 64.4. The Morgan fingerprint density at radius 2 is 0.565 bits per heavy atom. The summed E-state index contributed by atoms with van der Waals surface area (Å²) in [7, 11) is -1.33. The van der Waals surface area contributed by atoms with Crippen LogP contribution in [0.2, 0.25) is 0 Å². The first kappa shape index (κ1) is 62.6. The van der Waals surface area contributed by atoms with E-state index in [1.165, 1.54) is 16.5 Å². The van der Waals surface area contributed by atoms with E-state index in [2.05, 4.69) is 213 Å². The monoisotopic (exact) mass is 1270 g/mol. The van der Waals surface area contributed by atoms with Gasteiger partial charge in [0.1, 0.15) is 0 Å². The lowest BCUT2D eigenvalue weighted by atomic mass is 9.49. The average molecular weight is 1280 g/mol. The maximum absolute atomic E-state index is 6.27. The van der Waals surface area contributed by atoms with Gasteiger partial charge in [0, 0.05) is 37.5 Å². The first-order chi connectivity index (χ1) is 44.0. The highest BCUT2D eigenvalue weighted by Gasteiger charge is 2.64. The van der Waals surface area contributed by atoms with E-state index in [9.17, 15) is 0 Å². The molecule has 0 radical (unpaired) electrons. The zero-order valence-corrected chi connectivity index (χ0v) is 55.9. The second kappa shape index (κ2) is 24.4. The summed E-state index contributed by atoms with van der Waals surface area (Å²) in [6.45, 7) is 24.5. The van der Waals surface area contributed by atoms with Gasteiger partial charge in [0.05, 0.1) is 56.0 Å². The van der Waals surface area contributed by atoms with Crippen LogP contribution >= 0.6 is 15.9 Å². The molecule has 3 aliphatic heterocycles. The molecule has 0 atom stereocenters. The predicted octanol–water partition coefficient (Wildman–Crippen LogP) is 18.9. The van der Waals surface area contributed by atoms with Gasteiger partial charge in [-0.2, -0.15) is 0 Å². The summed E-state index contributed by atoms with van der Waals surface area (Å²) in [6, 6.07) is 79.8. The van der Waals surface area contributed by atoms with E-state index in [0.717, 1.165) is 104 Å². The average Bonchev–Trinajstić information content (AvgIpc) is 1.43. The van der Waals surface area contributed by atoms with Crippen LogP contribution in [0.5, 0.6) is 0 Å². The third-order valence-electron chi connectivity index (χ3n) is 19.3. The molecule has 0 unspecified atom stereocenters. The Bertz CT molecular complexity index is 4620. The van der Waals surface area contributed by atoms with Gasteiger partial charge in [-0.1, -0.05) is 210 Å². The van der Waals surface area contributed by atoms with Crippen LogP contribution in [0.25, 0.3) is 111 Å². The highest BCUT2D eigenvalue weighted by atomic mass is 79.9. The molecule has 0 aliphatic carbocycles. The number of rotatable bonds is 8. The van der Waals surface area contributed by atoms with Crippen molar-refractivity contribution in [1.82, 2.24) is 19.9 Å². The summed E-state index contributed by atoms with van der Waals surface area (Å²) in [5.41, 5.74) is 11.5. The van der Waals surface area contributed by atoms with Gasteiger partial charge in [-0.25, -0.2) is 19.9 Å². The van der Waals surface area contributed by atoms with Crippen molar-refractivity contribution in [3.8, 4) is 67.5 Å². The number of hydrogen-bond acceptors (Lipinski definition) is 10. The lowest BCUT2D eigenvalue weighted by molar-refractivity contribution is 0.00578. The topological polar surface area (TPSA) is 107 Å². The van der Waals surface area contributed by atoms with E-state index in [0.29, 0.717) is 0 Å². The molecule has 3 saturated heterocycles. The lowest BCUT2D eigenvalue weighted by Gasteiger charge is -2.32. The molecule has 0 bridgehead atoms. The molecule has 92 heavy (non-hydrogen) atoms. The third-order valence-corrected chi connectivity index (χ3v) is 19.8. The molecular weight excluding hydrogens is 1200 g/mol. The van der Waals surface area contributed by atoms with Crippen molar-refractivity contribution in [2.75, 3.05) is 0 Å². The fourth-order valence-corrected chi connectivity index (χ4v) is 12.2. The SMILES string of the molecule is Brc1ccc(-c2ccc(-c3nc(-c4ccccc4)c4ccccc4n3)c3ccccc23)cc1.CC1(C)OB(B2OC(C)(C)C(C)(C)O2)OC1(C)C.CC1(C)OB(c2ccc(-c3ccc(-c4nc(-c5ccccc5)c5ccccc5n4)c4ccccc34)cc2)OC1(C)C. The summed E-state index contributed by atoms with van der Waals surface area (Å²) in [4.78, 5) is 20.2. The molecule has 10 nitrogen and oxygen atoms in total. The minimum atomic E-state index is -0.476. The molecule has 0 amide bonds. The number of para-hydroxylation sites is 2. The molecule has 0 spiro atoms. The summed E-state index contributed by atoms with van der Waals surface area (Å²) < 4.78 is 37.5. The quantitative estimate of drug-likeness (QED) is 0.137. The molecule has 15 rings (SSSR count). The lowest BCUT2D eigenvalue weighted by Crippen LogP contribution is -2.41. The summed E-state index contributed by atoms with van der Waals surface area (Å²) in [5.74, 6) is 1.47. The fraction of sp³-hybridized carbons (Fsp3) is 0.231. The van der Waals surface area contributed by atoms with Crippen molar-refractivity contribution in [2.24, 2.45) is 0 Å². The van der Waals surface area contributed by atoms with Crippen LogP contribution in [0.1, 0.15) is 83.1 Å². The van der Waals surface area contributed by atoms with Crippen molar-refractivity contribution >= 4 is 85.9 Å². The molecule has 3 aliphatic rings. The number of benzene rings is 10.